The fourth-order valence-corrected chi connectivity index (χ4v) is 1.25. The molecule has 0 aliphatic heterocycles. The lowest BCUT2D eigenvalue weighted by molar-refractivity contribution is 0.373. The fraction of sp³-hybridized carbons (Fsp3) is 0.400. The first-order valence-electron chi connectivity index (χ1n) is 4.24. The zero-order chi connectivity index (χ0) is 10.6. The number of alkyl halides is 1. The molecule has 0 saturated heterocycles. The molecule has 0 radical (unpaired) electrons. The second-order valence-corrected chi connectivity index (χ2v) is 3.34. The van der Waals surface area contributed by atoms with Crippen molar-refractivity contribution in [2.75, 3.05) is 20.2 Å². The van der Waals surface area contributed by atoms with Gasteiger partial charge in [0.2, 0.25) is 0 Å². The van der Waals surface area contributed by atoms with E-state index in [1.54, 1.807) is 6.07 Å². The van der Waals surface area contributed by atoms with Crippen molar-refractivity contribution in [3.63, 3.8) is 0 Å². The van der Waals surface area contributed by atoms with Gasteiger partial charge in [-0.2, -0.15) is 0 Å². The highest BCUT2D eigenvalue weighted by Crippen LogP contribution is 2.18. The first-order chi connectivity index (χ1) is 6.67. The Morgan fingerprint density at radius 2 is 2.21 bits per heavy atom. The highest BCUT2D eigenvalue weighted by molar-refractivity contribution is 6.17. The smallest absolute Gasteiger partial charge is 0.165 e. The van der Waals surface area contributed by atoms with Gasteiger partial charge >= 0.3 is 0 Å². The Balaban J connectivity index is 2.76. The summed E-state index contributed by atoms with van der Waals surface area (Å²) in [7, 11) is 3.32. The molecular weight excluding hydrogens is 205 g/mol. The van der Waals surface area contributed by atoms with E-state index in [1.165, 1.54) is 13.2 Å². The molecule has 0 N–H and O–H groups in total. The third kappa shape index (κ3) is 2.86. The number of methoxy groups -OCH3 is 1. The second kappa shape index (κ2) is 5.17. The van der Waals surface area contributed by atoms with Gasteiger partial charge in [0.15, 0.2) is 11.6 Å². The quantitative estimate of drug-likeness (QED) is 0.568. The van der Waals surface area contributed by atoms with E-state index in [0.717, 1.165) is 5.56 Å². The standard InChI is InChI=1S/C10H13ClFNO/c1-13(7-11)6-8-3-4-10(14-2)9(12)5-8/h3-5H,6-7H2,1-2H3. The van der Waals surface area contributed by atoms with E-state index in [0.29, 0.717) is 12.5 Å². The summed E-state index contributed by atoms with van der Waals surface area (Å²) in [6, 6.07) is 5.33. The highest BCUT2D eigenvalue weighted by Gasteiger charge is 2.04. The Morgan fingerprint density at radius 3 is 2.71 bits per heavy atom. The lowest BCUT2D eigenvalue weighted by Gasteiger charge is -2.13. The predicted molar refractivity (Wildman–Crippen MR) is 55.1 cm³/mol. The first-order valence-corrected chi connectivity index (χ1v) is 4.77. The van der Waals surface area contributed by atoms with Crippen molar-refractivity contribution < 1.29 is 9.13 Å². The van der Waals surface area contributed by atoms with E-state index in [2.05, 4.69) is 0 Å². The zero-order valence-corrected chi connectivity index (χ0v) is 9.01. The van der Waals surface area contributed by atoms with Crippen LogP contribution in [-0.4, -0.2) is 25.1 Å². The summed E-state index contributed by atoms with van der Waals surface area (Å²) < 4.78 is 18.0. The molecule has 14 heavy (non-hydrogen) atoms. The largest absolute Gasteiger partial charge is 0.494 e. The highest BCUT2D eigenvalue weighted by atomic mass is 35.5. The van der Waals surface area contributed by atoms with Crippen LogP contribution < -0.4 is 4.74 Å². The summed E-state index contributed by atoms with van der Waals surface area (Å²) in [4.78, 5) is 1.88. The number of ether oxygens (including phenoxy) is 1. The third-order valence-corrected chi connectivity index (χ3v) is 2.28. The lowest BCUT2D eigenvalue weighted by Crippen LogP contribution is -2.15. The lowest BCUT2D eigenvalue weighted by atomic mass is 10.2. The Hall–Kier alpha value is -0.800. The molecule has 0 aliphatic rings. The molecule has 0 atom stereocenters. The van der Waals surface area contributed by atoms with Crippen LogP contribution in [0.4, 0.5) is 4.39 Å². The molecule has 0 spiro atoms. The molecule has 4 heteroatoms. The van der Waals surface area contributed by atoms with E-state index in [4.69, 9.17) is 16.3 Å². The van der Waals surface area contributed by atoms with Crippen molar-refractivity contribution in [1.29, 1.82) is 0 Å². The summed E-state index contributed by atoms with van der Waals surface area (Å²) in [6.45, 7) is 0.629. The van der Waals surface area contributed by atoms with Gasteiger partial charge in [-0.25, -0.2) is 4.39 Å². The molecule has 0 heterocycles. The van der Waals surface area contributed by atoms with Gasteiger partial charge in [0.05, 0.1) is 13.1 Å². The van der Waals surface area contributed by atoms with Crippen LogP contribution in [0.25, 0.3) is 0 Å². The Kier molecular flexibility index (Phi) is 4.17. The van der Waals surface area contributed by atoms with Crippen LogP contribution in [0.15, 0.2) is 18.2 Å². The zero-order valence-electron chi connectivity index (χ0n) is 8.26. The second-order valence-electron chi connectivity index (χ2n) is 3.10. The molecule has 0 amide bonds. The van der Waals surface area contributed by atoms with Crippen molar-refractivity contribution in [1.82, 2.24) is 4.90 Å². The SMILES string of the molecule is COc1ccc(CN(C)CCl)cc1F. The van der Waals surface area contributed by atoms with Gasteiger partial charge in [-0.15, -0.1) is 11.6 Å². The van der Waals surface area contributed by atoms with Crippen LogP contribution in [0.5, 0.6) is 5.75 Å². The Morgan fingerprint density at radius 1 is 1.50 bits per heavy atom. The number of halogens is 2. The maximum Gasteiger partial charge on any atom is 0.165 e. The summed E-state index contributed by atoms with van der Waals surface area (Å²) in [5.74, 6) is -0.0738. The summed E-state index contributed by atoms with van der Waals surface area (Å²) in [5, 5.41) is 0. The molecular formula is C10H13ClFNO. The molecule has 78 valence electrons. The van der Waals surface area contributed by atoms with Gasteiger partial charge in [0.25, 0.3) is 0 Å². The third-order valence-electron chi connectivity index (χ3n) is 1.87. The van der Waals surface area contributed by atoms with Crippen LogP contribution in [-0.2, 0) is 6.54 Å². The normalized spacial score (nSPS) is 10.6. The van der Waals surface area contributed by atoms with Crippen LogP contribution in [0, 0.1) is 5.82 Å². The van der Waals surface area contributed by atoms with Gasteiger partial charge in [0.1, 0.15) is 0 Å². The molecule has 0 bridgehead atoms. The minimum atomic E-state index is -0.340. The van der Waals surface area contributed by atoms with E-state index in [9.17, 15) is 4.39 Å². The molecule has 1 aromatic carbocycles. The van der Waals surface area contributed by atoms with E-state index < -0.39 is 0 Å². The van der Waals surface area contributed by atoms with Crippen molar-refractivity contribution in [3.05, 3.63) is 29.6 Å². The average Bonchev–Trinajstić information content (AvgIpc) is 2.18. The molecule has 2 nitrogen and oxygen atoms in total. The molecule has 0 unspecified atom stereocenters. The average molecular weight is 218 g/mol. The van der Waals surface area contributed by atoms with Crippen LogP contribution in [0.1, 0.15) is 5.56 Å². The van der Waals surface area contributed by atoms with Crippen LogP contribution in [0.2, 0.25) is 0 Å². The summed E-state index contributed by atoms with van der Waals surface area (Å²) in [6.07, 6.45) is 0. The topological polar surface area (TPSA) is 12.5 Å². The first kappa shape index (κ1) is 11.3. The number of benzene rings is 1. The Labute approximate surface area is 88.2 Å². The van der Waals surface area contributed by atoms with Gasteiger partial charge in [0, 0.05) is 6.54 Å². The van der Waals surface area contributed by atoms with Crippen molar-refractivity contribution >= 4 is 11.6 Å². The molecule has 0 aromatic heterocycles. The molecule has 1 aromatic rings. The minimum absolute atomic E-state index is 0.266. The van der Waals surface area contributed by atoms with Crippen molar-refractivity contribution in [3.8, 4) is 5.75 Å². The monoisotopic (exact) mass is 217 g/mol. The number of nitrogens with zero attached hydrogens (tertiary/aromatic N) is 1. The number of hydrogen-bond acceptors (Lipinski definition) is 2. The van der Waals surface area contributed by atoms with Crippen LogP contribution in [0.3, 0.4) is 0 Å². The summed E-state index contributed by atoms with van der Waals surface area (Å²) >= 11 is 5.61. The van der Waals surface area contributed by atoms with Gasteiger partial charge in [-0.05, 0) is 24.7 Å². The van der Waals surface area contributed by atoms with E-state index >= 15 is 0 Å². The molecule has 1 rings (SSSR count). The van der Waals surface area contributed by atoms with Crippen molar-refractivity contribution in [2.45, 2.75) is 6.54 Å². The Bertz CT molecular complexity index is 306. The number of hydrogen-bond donors (Lipinski definition) is 0. The maximum atomic E-state index is 13.2. The molecule has 0 aliphatic carbocycles. The molecule has 0 fully saturated rings. The van der Waals surface area contributed by atoms with Gasteiger partial charge < -0.3 is 4.74 Å². The van der Waals surface area contributed by atoms with E-state index in [1.807, 2.05) is 18.0 Å². The summed E-state index contributed by atoms with van der Waals surface area (Å²) in [5.41, 5.74) is 0.881. The minimum Gasteiger partial charge on any atom is -0.494 e. The van der Waals surface area contributed by atoms with Gasteiger partial charge in [-0.1, -0.05) is 6.07 Å². The fourth-order valence-electron chi connectivity index (χ4n) is 1.16. The maximum absolute atomic E-state index is 13.2. The van der Waals surface area contributed by atoms with E-state index in [-0.39, 0.29) is 11.6 Å². The molecule has 0 saturated carbocycles. The number of rotatable bonds is 4. The van der Waals surface area contributed by atoms with Gasteiger partial charge in [-0.3, -0.25) is 4.90 Å². The van der Waals surface area contributed by atoms with Crippen molar-refractivity contribution in [2.24, 2.45) is 0 Å². The van der Waals surface area contributed by atoms with Crippen LogP contribution >= 0.6 is 11.6 Å². The predicted octanol–water partition coefficient (Wildman–Crippen LogP) is 2.46.